The lowest BCUT2D eigenvalue weighted by atomic mass is 10.3. The fourth-order valence-electron chi connectivity index (χ4n) is 2.00. The Balaban J connectivity index is 3.79. The van der Waals surface area contributed by atoms with Crippen LogP contribution in [0.2, 0.25) is 0 Å². The van der Waals surface area contributed by atoms with E-state index in [0.29, 0.717) is 0 Å². The molecule has 0 aliphatic rings. The van der Waals surface area contributed by atoms with Crippen molar-refractivity contribution < 1.29 is 54.8 Å². The summed E-state index contributed by atoms with van der Waals surface area (Å²) >= 11 is 0. The number of rotatable bonds is 12. The van der Waals surface area contributed by atoms with Gasteiger partial charge in [0.15, 0.2) is 0 Å². The van der Waals surface area contributed by atoms with Gasteiger partial charge in [-0.1, -0.05) is 18.2 Å². The minimum absolute atomic E-state index is 0.429. The summed E-state index contributed by atoms with van der Waals surface area (Å²) in [4.78, 5) is 20.5. The summed E-state index contributed by atoms with van der Waals surface area (Å²) in [6.45, 7) is 2.20. The Morgan fingerprint density at radius 2 is 1.50 bits per heavy atom. The van der Waals surface area contributed by atoms with E-state index < -0.39 is 59.8 Å². The maximum atomic E-state index is 14.3. The zero-order chi connectivity index (χ0) is 23.1. The molecule has 1 atom stereocenters. The summed E-state index contributed by atoms with van der Waals surface area (Å²) in [5, 5.41) is -4.55. The van der Waals surface area contributed by atoms with Crippen LogP contribution in [0.15, 0.2) is 35.2 Å². The van der Waals surface area contributed by atoms with Crippen molar-refractivity contribution in [3.05, 3.63) is 30.3 Å². The Bertz CT molecular complexity index is 839. The molecule has 0 radical (unpaired) electrons. The Morgan fingerprint density at radius 1 is 1.00 bits per heavy atom. The zero-order valence-corrected chi connectivity index (χ0v) is 17.9. The summed E-state index contributed by atoms with van der Waals surface area (Å²) in [6, 6.07) is 5.75. The quantitative estimate of drug-likeness (QED) is 0.208. The average Bonchev–Trinajstić information content (AvgIpc) is 2.68. The van der Waals surface area contributed by atoms with Gasteiger partial charge in [0.05, 0.1) is 24.7 Å². The number of sulfonamides is 1. The molecule has 15 heteroatoms. The van der Waals surface area contributed by atoms with Gasteiger partial charge < -0.3 is 4.74 Å². The highest BCUT2D eigenvalue weighted by Crippen LogP contribution is 2.65. The van der Waals surface area contributed by atoms with Crippen LogP contribution in [-0.4, -0.2) is 45.7 Å². The SMILES string of the molecule is CCOOP(=O)(OOCC)C(NS(=O)(=O)c1ccccc1)(C(=O)OCC)C(F)(F)F. The number of carbonyl (C=O) groups excluding carboxylic acids is 1. The van der Waals surface area contributed by atoms with Crippen LogP contribution in [-0.2, 0) is 43.2 Å². The van der Waals surface area contributed by atoms with E-state index >= 15 is 0 Å². The summed E-state index contributed by atoms with van der Waals surface area (Å²) in [7, 11) is -11.1. The van der Waals surface area contributed by atoms with Crippen molar-refractivity contribution in [2.75, 3.05) is 19.8 Å². The second-order valence-corrected chi connectivity index (χ2v) is 8.95. The number of alkyl halides is 3. The molecular weight excluding hydrogens is 458 g/mol. The van der Waals surface area contributed by atoms with Crippen molar-refractivity contribution in [1.29, 1.82) is 0 Å². The van der Waals surface area contributed by atoms with E-state index in [1.165, 1.54) is 32.0 Å². The molecule has 1 unspecified atom stereocenters. The first-order valence-electron chi connectivity index (χ1n) is 8.47. The molecule has 1 aromatic carbocycles. The van der Waals surface area contributed by atoms with Gasteiger partial charge in [0.1, 0.15) is 0 Å². The Morgan fingerprint density at radius 3 is 1.90 bits per heavy atom. The Labute approximate surface area is 171 Å². The molecule has 172 valence electrons. The number of benzene rings is 1. The van der Waals surface area contributed by atoms with Crippen LogP contribution in [0.1, 0.15) is 20.8 Å². The van der Waals surface area contributed by atoms with Crippen molar-refractivity contribution in [3.8, 4) is 0 Å². The van der Waals surface area contributed by atoms with Gasteiger partial charge in [-0.15, -0.1) is 9.35 Å². The van der Waals surface area contributed by atoms with Gasteiger partial charge in [0, 0.05) is 0 Å². The third-order valence-electron chi connectivity index (χ3n) is 3.26. The molecule has 1 rings (SSSR count). The van der Waals surface area contributed by atoms with Gasteiger partial charge in [-0.2, -0.15) is 17.9 Å². The maximum Gasteiger partial charge on any atom is 0.430 e. The maximum absolute atomic E-state index is 14.3. The molecule has 0 amide bonds. The van der Waals surface area contributed by atoms with Crippen LogP contribution in [0.25, 0.3) is 0 Å². The molecule has 0 heterocycles. The number of nitrogens with one attached hydrogen (secondary N) is 1. The molecule has 10 nitrogen and oxygen atoms in total. The van der Waals surface area contributed by atoms with Crippen molar-refractivity contribution in [1.82, 2.24) is 4.72 Å². The predicted molar refractivity (Wildman–Crippen MR) is 95.2 cm³/mol. The van der Waals surface area contributed by atoms with Crippen LogP contribution in [0.5, 0.6) is 0 Å². The highest BCUT2D eigenvalue weighted by molar-refractivity contribution is 7.90. The normalized spacial score (nSPS) is 14.9. The molecule has 0 saturated carbocycles. The van der Waals surface area contributed by atoms with E-state index in [0.717, 1.165) is 23.8 Å². The monoisotopic (exact) mass is 479 g/mol. The first-order chi connectivity index (χ1) is 13.9. The predicted octanol–water partition coefficient (Wildman–Crippen LogP) is 2.92. The average molecular weight is 479 g/mol. The topological polar surface area (TPSA) is 126 Å². The summed E-state index contributed by atoms with van der Waals surface area (Å²) in [6.07, 6.45) is -5.88. The summed E-state index contributed by atoms with van der Waals surface area (Å²) in [5.41, 5.74) is 0. The van der Waals surface area contributed by atoms with E-state index in [4.69, 9.17) is 0 Å². The fraction of sp³-hybridized carbons (Fsp3) is 0.533. The first-order valence-corrected chi connectivity index (χ1v) is 11.5. The lowest BCUT2D eigenvalue weighted by molar-refractivity contribution is -0.278. The van der Waals surface area contributed by atoms with E-state index in [9.17, 15) is 30.9 Å². The van der Waals surface area contributed by atoms with Crippen LogP contribution in [0.4, 0.5) is 13.2 Å². The third-order valence-corrected chi connectivity index (χ3v) is 6.86. The minimum atomic E-state index is -5.95. The number of esters is 1. The number of ether oxygens (including phenoxy) is 1. The molecule has 0 spiro atoms. The fourth-order valence-corrected chi connectivity index (χ4v) is 5.36. The first kappa shape index (κ1) is 26.5. The van der Waals surface area contributed by atoms with Crippen LogP contribution < -0.4 is 4.72 Å². The Hall–Kier alpha value is -1.54. The zero-order valence-electron chi connectivity index (χ0n) is 16.2. The van der Waals surface area contributed by atoms with Crippen LogP contribution >= 0.6 is 7.60 Å². The lowest BCUT2D eigenvalue weighted by Gasteiger charge is -2.36. The second-order valence-electron chi connectivity index (χ2n) is 5.31. The molecule has 0 aliphatic heterocycles. The van der Waals surface area contributed by atoms with Gasteiger partial charge in [0.2, 0.25) is 10.0 Å². The lowest BCUT2D eigenvalue weighted by Crippen LogP contribution is -2.64. The highest BCUT2D eigenvalue weighted by atomic mass is 32.2. The van der Waals surface area contributed by atoms with Crippen molar-refractivity contribution in [2.24, 2.45) is 0 Å². The summed E-state index contributed by atoms with van der Waals surface area (Å²) < 4.78 is 95.4. The van der Waals surface area contributed by atoms with Crippen molar-refractivity contribution >= 4 is 23.6 Å². The molecule has 0 aromatic heterocycles. The minimum Gasteiger partial charge on any atom is -0.464 e. The smallest absolute Gasteiger partial charge is 0.430 e. The molecule has 0 fully saturated rings. The molecular formula is C15H21F3NO9PS. The van der Waals surface area contributed by atoms with E-state index in [1.807, 2.05) is 0 Å². The van der Waals surface area contributed by atoms with E-state index in [1.54, 1.807) is 0 Å². The number of hydrogen-bond acceptors (Lipinski definition) is 9. The van der Waals surface area contributed by atoms with Gasteiger partial charge in [0.25, 0.3) is 0 Å². The molecule has 1 aromatic rings. The molecule has 0 aliphatic carbocycles. The van der Waals surface area contributed by atoms with Crippen LogP contribution in [0, 0.1) is 0 Å². The van der Waals surface area contributed by atoms with Gasteiger partial charge >= 0.3 is 25.0 Å². The highest BCUT2D eigenvalue weighted by Gasteiger charge is 2.78. The van der Waals surface area contributed by atoms with Crippen molar-refractivity contribution in [2.45, 2.75) is 37.1 Å². The molecule has 30 heavy (non-hydrogen) atoms. The standard InChI is InChI=1S/C15H21F3NO9PS/c1-4-24-13(20)14(15(16,17)18,29(21,27-25-5-2)28-26-6-3)19-30(22,23)12-10-8-7-9-11-12/h7-11,19H,4-6H2,1-3H3. The van der Waals surface area contributed by atoms with Crippen molar-refractivity contribution in [3.63, 3.8) is 0 Å². The molecule has 0 saturated heterocycles. The van der Waals surface area contributed by atoms with Gasteiger partial charge in [-0.25, -0.2) is 23.0 Å². The summed E-state index contributed by atoms with van der Waals surface area (Å²) in [5.74, 6) is -2.29. The third kappa shape index (κ3) is 5.58. The van der Waals surface area contributed by atoms with E-state index in [-0.39, 0.29) is 0 Å². The Kier molecular flexibility index (Phi) is 9.42. The van der Waals surface area contributed by atoms with Crippen LogP contribution in [0.3, 0.4) is 0 Å². The van der Waals surface area contributed by atoms with E-state index in [2.05, 4.69) is 23.9 Å². The number of hydrogen-bond donors (Lipinski definition) is 1. The molecule has 1 N–H and O–H groups in total. The van der Waals surface area contributed by atoms with Gasteiger partial charge in [-0.3, -0.25) is 4.57 Å². The number of halogens is 3. The molecule has 0 bridgehead atoms. The second kappa shape index (κ2) is 10.7. The van der Waals surface area contributed by atoms with Gasteiger partial charge in [-0.05, 0) is 32.9 Å². The largest absolute Gasteiger partial charge is 0.464 e. The number of carbonyl (C=O) groups is 1.